The highest BCUT2D eigenvalue weighted by Crippen LogP contribution is 2.37. The molecule has 2 heterocycles. The summed E-state index contributed by atoms with van der Waals surface area (Å²) in [6.45, 7) is 6.76. The predicted octanol–water partition coefficient (Wildman–Crippen LogP) is 1.24. The van der Waals surface area contributed by atoms with Crippen molar-refractivity contribution in [2.75, 3.05) is 18.8 Å². The first-order chi connectivity index (χ1) is 8.74. The highest BCUT2D eigenvalue weighted by Gasteiger charge is 2.49. The van der Waals surface area contributed by atoms with Gasteiger partial charge in [0.1, 0.15) is 5.60 Å². The molecule has 0 aromatic rings. The Morgan fingerprint density at radius 3 is 2.37 bits per heavy atom. The quantitative estimate of drug-likeness (QED) is 0.728. The summed E-state index contributed by atoms with van der Waals surface area (Å²) in [5.74, 6) is 0.702. The molecule has 5 nitrogen and oxygen atoms in total. The maximum atomic E-state index is 12.2. The lowest BCUT2D eigenvalue weighted by molar-refractivity contribution is 0.0190. The Bertz CT molecular complexity index is 384. The molecular weight excluding hydrogens is 264 g/mol. The number of nitrogens with zero attached hydrogens (tertiary/aromatic N) is 1. The summed E-state index contributed by atoms with van der Waals surface area (Å²) in [7, 11) is -0.849. The minimum Gasteiger partial charge on any atom is -0.444 e. The topological polar surface area (TPSA) is 72.6 Å². The molecule has 110 valence electrons. The van der Waals surface area contributed by atoms with E-state index in [1.54, 1.807) is 4.90 Å². The Kier molecular flexibility index (Phi) is 3.93. The molecule has 2 rings (SSSR count). The number of hydrogen-bond acceptors (Lipinski definition) is 4. The zero-order chi connectivity index (χ0) is 14.3. The van der Waals surface area contributed by atoms with Crippen LogP contribution in [0.5, 0.6) is 0 Å². The molecule has 1 spiro atoms. The maximum absolute atomic E-state index is 12.2. The first kappa shape index (κ1) is 14.8. The van der Waals surface area contributed by atoms with E-state index >= 15 is 0 Å². The Morgan fingerprint density at radius 2 is 1.95 bits per heavy atom. The van der Waals surface area contributed by atoms with Gasteiger partial charge in [0.05, 0.1) is 4.75 Å². The van der Waals surface area contributed by atoms with E-state index in [0.717, 1.165) is 19.3 Å². The van der Waals surface area contributed by atoms with Gasteiger partial charge < -0.3 is 15.4 Å². The normalized spacial score (nSPS) is 30.6. The average molecular weight is 288 g/mol. The molecule has 2 unspecified atom stereocenters. The molecule has 0 aromatic heterocycles. The first-order valence-electron chi connectivity index (χ1n) is 6.87. The van der Waals surface area contributed by atoms with Crippen LogP contribution in [0.15, 0.2) is 0 Å². The molecule has 0 bridgehead atoms. The summed E-state index contributed by atoms with van der Waals surface area (Å²) in [6, 6.07) is 0.00844. The average Bonchev–Trinajstić information content (AvgIpc) is 2.57. The van der Waals surface area contributed by atoms with Crippen molar-refractivity contribution in [3.63, 3.8) is 0 Å². The molecule has 6 heteroatoms. The Balaban J connectivity index is 1.96. The molecule has 2 aliphatic heterocycles. The van der Waals surface area contributed by atoms with E-state index in [9.17, 15) is 9.00 Å². The Morgan fingerprint density at radius 1 is 1.37 bits per heavy atom. The summed E-state index contributed by atoms with van der Waals surface area (Å²) in [6.07, 6.45) is 2.00. The first-order valence-corrected chi connectivity index (χ1v) is 8.18. The third-order valence-electron chi connectivity index (χ3n) is 4.00. The van der Waals surface area contributed by atoms with E-state index in [2.05, 4.69) is 0 Å². The smallest absolute Gasteiger partial charge is 0.410 e. The van der Waals surface area contributed by atoms with Crippen molar-refractivity contribution >= 4 is 16.9 Å². The largest absolute Gasteiger partial charge is 0.444 e. The van der Waals surface area contributed by atoms with E-state index in [1.807, 2.05) is 20.8 Å². The standard InChI is InChI=1S/C13H24N2O3S/c1-12(2,3)18-11(16)15-7-5-13(6-8-15)10(14)4-9-19(13)17/h10H,4-9,14H2,1-3H3. The van der Waals surface area contributed by atoms with Crippen LogP contribution in [0.25, 0.3) is 0 Å². The van der Waals surface area contributed by atoms with Gasteiger partial charge in [-0.3, -0.25) is 4.21 Å². The summed E-state index contributed by atoms with van der Waals surface area (Å²) < 4.78 is 17.3. The van der Waals surface area contributed by atoms with Gasteiger partial charge in [-0.1, -0.05) is 0 Å². The van der Waals surface area contributed by atoms with Crippen molar-refractivity contribution in [3.05, 3.63) is 0 Å². The lowest BCUT2D eigenvalue weighted by Crippen LogP contribution is -2.55. The van der Waals surface area contributed by atoms with Crippen LogP contribution in [0.3, 0.4) is 0 Å². The molecule has 19 heavy (non-hydrogen) atoms. The molecule has 2 fully saturated rings. The van der Waals surface area contributed by atoms with Gasteiger partial charge in [0, 0.05) is 35.7 Å². The fraction of sp³-hybridized carbons (Fsp3) is 0.923. The highest BCUT2D eigenvalue weighted by molar-refractivity contribution is 7.86. The summed E-state index contributed by atoms with van der Waals surface area (Å²) in [5, 5.41) is 0. The van der Waals surface area contributed by atoms with Crippen LogP contribution in [0.4, 0.5) is 4.79 Å². The van der Waals surface area contributed by atoms with E-state index < -0.39 is 16.4 Å². The number of amides is 1. The van der Waals surface area contributed by atoms with Gasteiger partial charge in [-0.2, -0.15) is 0 Å². The van der Waals surface area contributed by atoms with Crippen molar-refractivity contribution in [2.45, 2.75) is 56.4 Å². The van der Waals surface area contributed by atoms with Gasteiger partial charge in [0.25, 0.3) is 0 Å². The maximum Gasteiger partial charge on any atom is 0.410 e. The van der Waals surface area contributed by atoms with Crippen molar-refractivity contribution in [2.24, 2.45) is 5.73 Å². The number of likely N-dealkylation sites (tertiary alicyclic amines) is 1. The third-order valence-corrected chi connectivity index (χ3v) is 6.23. The molecular formula is C13H24N2O3S. The van der Waals surface area contributed by atoms with Crippen molar-refractivity contribution in [1.82, 2.24) is 4.90 Å². The Hall–Kier alpha value is -0.620. The highest BCUT2D eigenvalue weighted by atomic mass is 32.2. The van der Waals surface area contributed by atoms with Crippen LogP contribution in [-0.2, 0) is 15.5 Å². The van der Waals surface area contributed by atoms with Crippen molar-refractivity contribution in [1.29, 1.82) is 0 Å². The number of piperidine rings is 1. The molecule has 2 saturated heterocycles. The predicted molar refractivity (Wildman–Crippen MR) is 75.4 cm³/mol. The van der Waals surface area contributed by atoms with E-state index in [4.69, 9.17) is 10.5 Å². The van der Waals surface area contributed by atoms with Crippen LogP contribution in [0.1, 0.15) is 40.0 Å². The van der Waals surface area contributed by atoms with E-state index in [-0.39, 0.29) is 16.9 Å². The minimum absolute atomic E-state index is 0.00844. The van der Waals surface area contributed by atoms with Gasteiger partial charge in [-0.25, -0.2) is 4.79 Å². The second-order valence-electron chi connectivity index (χ2n) is 6.48. The SMILES string of the molecule is CC(C)(C)OC(=O)N1CCC2(CC1)C(N)CCS2=O. The fourth-order valence-corrected chi connectivity index (χ4v) is 4.83. The van der Waals surface area contributed by atoms with Crippen LogP contribution in [0, 0.1) is 0 Å². The van der Waals surface area contributed by atoms with Gasteiger partial charge in [0.2, 0.25) is 0 Å². The number of carbonyl (C=O) groups is 1. The molecule has 0 aliphatic carbocycles. The lowest BCUT2D eigenvalue weighted by atomic mass is 9.88. The van der Waals surface area contributed by atoms with Gasteiger partial charge >= 0.3 is 6.09 Å². The molecule has 2 aliphatic rings. The second-order valence-corrected chi connectivity index (χ2v) is 8.39. The number of hydrogen-bond donors (Lipinski definition) is 1. The van der Waals surface area contributed by atoms with Crippen molar-refractivity contribution < 1.29 is 13.7 Å². The minimum atomic E-state index is -0.849. The zero-order valence-corrected chi connectivity index (χ0v) is 12.8. The molecule has 2 atom stereocenters. The van der Waals surface area contributed by atoms with Crippen LogP contribution in [0.2, 0.25) is 0 Å². The molecule has 2 N–H and O–H groups in total. The molecule has 1 amide bonds. The van der Waals surface area contributed by atoms with Gasteiger partial charge in [-0.05, 0) is 40.0 Å². The number of rotatable bonds is 0. The molecule has 0 saturated carbocycles. The van der Waals surface area contributed by atoms with E-state index in [1.165, 1.54) is 0 Å². The monoisotopic (exact) mass is 288 g/mol. The summed E-state index contributed by atoms with van der Waals surface area (Å²) >= 11 is 0. The zero-order valence-electron chi connectivity index (χ0n) is 12.0. The fourth-order valence-electron chi connectivity index (χ4n) is 2.86. The Labute approximate surface area is 117 Å². The molecule has 0 radical (unpaired) electrons. The summed E-state index contributed by atoms with van der Waals surface area (Å²) in [4.78, 5) is 13.7. The number of ether oxygens (including phenoxy) is 1. The van der Waals surface area contributed by atoms with E-state index in [0.29, 0.717) is 18.8 Å². The molecule has 0 aromatic carbocycles. The van der Waals surface area contributed by atoms with Crippen molar-refractivity contribution in [3.8, 4) is 0 Å². The summed E-state index contributed by atoms with van der Waals surface area (Å²) in [5.41, 5.74) is 5.66. The van der Waals surface area contributed by atoms with Crippen LogP contribution in [-0.4, -0.2) is 50.4 Å². The lowest BCUT2D eigenvalue weighted by Gasteiger charge is -2.40. The number of carbonyl (C=O) groups excluding carboxylic acids is 1. The van der Waals surface area contributed by atoms with Crippen LogP contribution < -0.4 is 5.73 Å². The second kappa shape index (κ2) is 5.05. The van der Waals surface area contributed by atoms with Gasteiger partial charge in [0.15, 0.2) is 0 Å². The number of nitrogens with two attached hydrogens (primary N) is 1. The van der Waals surface area contributed by atoms with Crippen LogP contribution >= 0.6 is 0 Å². The third kappa shape index (κ3) is 2.94. The van der Waals surface area contributed by atoms with Gasteiger partial charge in [-0.15, -0.1) is 0 Å².